The fraction of sp³-hybridized carbons (Fsp3) is 0.643. The van der Waals surface area contributed by atoms with Gasteiger partial charge in [-0.25, -0.2) is 4.98 Å². The smallest absolute Gasteiger partial charge is 0.214 e. The summed E-state index contributed by atoms with van der Waals surface area (Å²) in [6, 6.07) is 3.92. The zero-order valence-corrected chi connectivity index (χ0v) is 13.1. The molecule has 3 nitrogen and oxygen atoms in total. The van der Waals surface area contributed by atoms with E-state index in [0.717, 1.165) is 28.1 Å². The summed E-state index contributed by atoms with van der Waals surface area (Å²) in [5.41, 5.74) is 0. The molecular formula is C14H18BrClN2O. The summed E-state index contributed by atoms with van der Waals surface area (Å²) >= 11 is 3.48. The van der Waals surface area contributed by atoms with Gasteiger partial charge in [0.1, 0.15) is 6.10 Å². The standard InChI is InChI=1S/C14H17BrN2O.ClH/c15-12-1-2-16-13(5-12)18-14-10-3-9-4-11(14)8-17(6-9)7-10;/h1-2,5,9-11,14H,3-4,6-8H2;1H. The van der Waals surface area contributed by atoms with Crippen molar-refractivity contribution in [3.05, 3.63) is 22.8 Å². The van der Waals surface area contributed by atoms with Gasteiger partial charge in [-0.1, -0.05) is 15.9 Å². The molecule has 3 saturated heterocycles. The average Bonchev–Trinajstić information content (AvgIpc) is 2.33. The second kappa shape index (κ2) is 5.23. The van der Waals surface area contributed by atoms with Crippen molar-refractivity contribution in [3.8, 4) is 5.88 Å². The maximum absolute atomic E-state index is 6.20. The Hall–Kier alpha value is -0.320. The minimum atomic E-state index is 0. The molecule has 5 rings (SSSR count). The van der Waals surface area contributed by atoms with Gasteiger partial charge >= 0.3 is 0 Å². The molecule has 2 atom stereocenters. The Morgan fingerprint density at radius 2 is 1.95 bits per heavy atom. The lowest BCUT2D eigenvalue weighted by Gasteiger charge is -2.55. The number of piperidine rings is 3. The fourth-order valence-corrected chi connectivity index (χ4v) is 4.46. The number of ether oxygens (including phenoxy) is 1. The van der Waals surface area contributed by atoms with E-state index in [2.05, 4.69) is 25.8 Å². The van der Waals surface area contributed by atoms with Crippen LogP contribution in [0.4, 0.5) is 0 Å². The molecule has 2 unspecified atom stereocenters. The van der Waals surface area contributed by atoms with Gasteiger partial charge in [0.2, 0.25) is 5.88 Å². The Morgan fingerprint density at radius 1 is 1.21 bits per heavy atom. The highest BCUT2D eigenvalue weighted by Gasteiger charge is 2.48. The van der Waals surface area contributed by atoms with Crippen LogP contribution >= 0.6 is 28.3 Å². The Morgan fingerprint density at radius 3 is 2.58 bits per heavy atom. The highest BCUT2D eigenvalue weighted by molar-refractivity contribution is 9.10. The largest absolute Gasteiger partial charge is 0.474 e. The predicted molar refractivity (Wildman–Crippen MR) is 79.7 cm³/mol. The molecule has 1 aromatic rings. The van der Waals surface area contributed by atoms with Crippen LogP contribution < -0.4 is 4.74 Å². The second-order valence-corrected chi connectivity index (χ2v) is 6.89. The summed E-state index contributed by atoms with van der Waals surface area (Å²) in [6.07, 6.45) is 4.90. The summed E-state index contributed by atoms with van der Waals surface area (Å²) in [4.78, 5) is 6.95. The summed E-state index contributed by atoms with van der Waals surface area (Å²) in [6.45, 7) is 3.78. The SMILES string of the molecule is Brc1ccnc(OC2C3CC4CC2CN(C4)C3)c1.Cl. The third-order valence-corrected chi connectivity index (χ3v) is 5.15. The van der Waals surface area contributed by atoms with Crippen LogP contribution in [0.5, 0.6) is 5.88 Å². The maximum Gasteiger partial charge on any atom is 0.214 e. The Kier molecular flexibility index (Phi) is 3.76. The summed E-state index contributed by atoms with van der Waals surface area (Å²) < 4.78 is 7.25. The van der Waals surface area contributed by atoms with Crippen molar-refractivity contribution < 1.29 is 4.74 Å². The predicted octanol–water partition coefficient (Wildman–Crippen LogP) is 2.98. The van der Waals surface area contributed by atoms with Crippen LogP contribution in [0.25, 0.3) is 0 Å². The number of rotatable bonds is 2. The molecule has 104 valence electrons. The van der Waals surface area contributed by atoms with E-state index >= 15 is 0 Å². The van der Waals surface area contributed by atoms with E-state index in [1.54, 1.807) is 6.20 Å². The first-order valence-corrected chi connectivity index (χ1v) is 7.58. The fourth-order valence-electron chi connectivity index (χ4n) is 4.15. The average molecular weight is 346 g/mol. The van der Waals surface area contributed by atoms with Crippen LogP contribution in [0, 0.1) is 17.8 Å². The van der Waals surface area contributed by atoms with Crippen LogP contribution in [0.3, 0.4) is 0 Å². The summed E-state index contributed by atoms with van der Waals surface area (Å²) in [7, 11) is 0. The van der Waals surface area contributed by atoms with Crippen LogP contribution in [0.15, 0.2) is 22.8 Å². The van der Waals surface area contributed by atoms with Crippen molar-refractivity contribution in [2.75, 3.05) is 19.6 Å². The van der Waals surface area contributed by atoms with Crippen molar-refractivity contribution in [2.45, 2.75) is 18.9 Å². The molecule has 0 radical (unpaired) electrons. The van der Waals surface area contributed by atoms with Crippen molar-refractivity contribution in [1.29, 1.82) is 0 Å². The van der Waals surface area contributed by atoms with Gasteiger partial charge in [-0.2, -0.15) is 0 Å². The molecule has 0 N–H and O–H groups in total. The number of hydrogen-bond acceptors (Lipinski definition) is 3. The van der Waals surface area contributed by atoms with Gasteiger partial charge in [0.25, 0.3) is 0 Å². The normalized spacial score (nSPS) is 38.9. The van der Waals surface area contributed by atoms with Crippen LogP contribution in [0.1, 0.15) is 12.8 Å². The Bertz CT molecular complexity index is 443. The monoisotopic (exact) mass is 344 g/mol. The first-order valence-electron chi connectivity index (χ1n) is 6.78. The molecule has 1 saturated carbocycles. The topological polar surface area (TPSA) is 25.4 Å². The van der Waals surface area contributed by atoms with E-state index in [1.165, 1.54) is 32.5 Å². The Balaban J connectivity index is 0.00000110. The van der Waals surface area contributed by atoms with Crippen LogP contribution in [-0.2, 0) is 0 Å². The number of halogens is 2. The van der Waals surface area contributed by atoms with Gasteiger partial charge in [0.05, 0.1) is 0 Å². The first-order chi connectivity index (χ1) is 8.78. The lowest BCUT2D eigenvalue weighted by Crippen LogP contribution is -2.61. The van der Waals surface area contributed by atoms with Gasteiger partial charge in [-0.05, 0) is 24.8 Å². The minimum Gasteiger partial charge on any atom is -0.474 e. The van der Waals surface area contributed by atoms with E-state index in [0.29, 0.717) is 6.10 Å². The zero-order valence-electron chi connectivity index (χ0n) is 10.7. The van der Waals surface area contributed by atoms with Crippen LogP contribution in [0.2, 0.25) is 0 Å². The van der Waals surface area contributed by atoms with Crippen molar-refractivity contribution >= 4 is 28.3 Å². The number of aromatic nitrogens is 1. The van der Waals surface area contributed by atoms with Crippen molar-refractivity contribution in [3.63, 3.8) is 0 Å². The first kappa shape index (κ1) is 13.7. The third kappa shape index (κ3) is 2.50. The van der Waals surface area contributed by atoms with Gasteiger partial charge in [0, 0.05) is 48.2 Å². The molecule has 0 amide bonds. The minimum absolute atomic E-state index is 0. The molecule has 4 heterocycles. The van der Waals surface area contributed by atoms with Crippen molar-refractivity contribution in [1.82, 2.24) is 9.88 Å². The van der Waals surface area contributed by atoms with E-state index in [1.807, 2.05) is 12.1 Å². The quantitative estimate of drug-likeness (QED) is 0.824. The molecule has 4 aliphatic rings. The third-order valence-electron chi connectivity index (χ3n) is 4.66. The van der Waals surface area contributed by atoms with Crippen LogP contribution in [-0.4, -0.2) is 35.6 Å². The highest BCUT2D eigenvalue weighted by Crippen LogP contribution is 2.44. The molecule has 19 heavy (non-hydrogen) atoms. The van der Waals surface area contributed by atoms with Gasteiger partial charge in [-0.15, -0.1) is 12.4 Å². The van der Waals surface area contributed by atoms with Gasteiger partial charge in [0.15, 0.2) is 0 Å². The molecule has 0 aromatic carbocycles. The molecule has 3 aliphatic heterocycles. The maximum atomic E-state index is 6.20. The summed E-state index contributed by atoms with van der Waals surface area (Å²) in [5.74, 6) is 3.14. The zero-order chi connectivity index (χ0) is 12.1. The second-order valence-electron chi connectivity index (χ2n) is 5.97. The Labute approximate surface area is 128 Å². The molecule has 5 heteroatoms. The van der Waals surface area contributed by atoms with Gasteiger partial charge < -0.3 is 9.64 Å². The van der Waals surface area contributed by atoms with E-state index < -0.39 is 0 Å². The van der Waals surface area contributed by atoms with E-state index in [4.69, 9.17) is 4.74 Å². The van der Waals surface area contributed by atoms with E-state index in [9.17, 15) is 0 Å². The van der Waals surface area contributed by atoms with E-state index in [-0.39, 0.29) is 12.4 Å². The van der Waals surface area contributed by atoms with Crippen molar-refractivity contribution in [2.24, 2.45) is 17.8 Å². The molecule has 1 aromatic heterocycles. The molecule has 0 spiro atoms. The molecule has 4 fully saturated rings. The number of hydrogen-bond donors (Lipinski definition) is 0. The highest BCUT2D eigenvalue weighted by atomic mass is 79.9. The van der Waals surface area contributed by atoms with Gasteiger partial charge in [-0.3, -0.25) is 0 Å². The lowest BCUT2D eigenvalue weighted by molar-refractivity contribution is -0.0997. The molecular weight excluding hydrogens is 328 g/mol. The molecule has 1 aliphatic carbocycles. The molecule has 4 bridgehead atoms. The summed E-state index contributed by atoms with van der Waals surface area (Å²) in [5, 5.41) is 0. The number of nitrogens with zero attached hydrogens (tertiary/aromatic N) is 2. The number of pyridine rings is 1. The lowest BCUT2D eigenvalue weighted by atomic mass is 9.66.